The number of piperidine rings is 2. The van der Waals surface area contributed by atoms with E-state index in [9.17, 15) is 9.59 Å². The fraction of sp³-hybridized carbons (Fsp3) is 0.636. The van der Waals surface area contributed by atoms with Crippen LogP contribution in [0.3, 0.4) is 0 Å². The molecule has 5 heteroatoms. The number of carbonyl (C=O) groups excluding carboxylic acids is 2. The molecule has 1 aromatic rings. The monoisotopic (exact) mass is 371 g/mol. The number of rotatable bonds is 5. The largest absolute Gasteiger partial charge is 0.343 e. The standard InChI is InChI=1S/C22H33N3O2/c1-3-21(26)25-15-11-20(12-16-25)24-13-9-19(10-14-24)22(27)23(2)17-18-7-5-4-6-8-18/h4-8,19-20H,3,9-17H2,1-2H3. The van der Waals surface area contributed by atoms with Crippen LogP contribution in [0.1, 0.15) is 44.6 Å². The van der Waals surface area contributed by atoms with Crippen LogP contribution < -0.4 is 0 Å². The van der Waals surface area contributed by atoms with Crippen LogP contribution in [0.2, 0.25) is 0 Å². The van der Waals surface area contributed by atoms with E-state index in [1.165, 1.54) is 5.56 Å². The first kappa shape index (κ1) is 19.9. The average Bonchev–Trinajstić information content (AvgIpc) is 2.73. The first-order valence-electron chi connectivity index (χ1n) is 10.4. The fourth-order valence-electron chi connectivity index (χ4n) is 4.46. The van der Waals surface area contributed by atoms with Crippen molar-refractivity contribution in [3.8, 4) is 0 Å². The summed E-state index contributed by atoms with van der Waals surface area (Å²) in [5, 5.41) is 0. The van der Waals surface area contributed by atoms with Crippen LogP contribution in [0, 0.1) is 5.92 Å². The first-order valence-corrected chi connectivity index (χ1v) is 10.4. The minimum atomic E-state index is 0.150. The second-order valence-corrected chi connectivity index (χ2v) is 7.96. The van der Waals surface area contributed by atoms with Gasteiger partial charge in [0.15, 0.2) is 0 Å². The van der Waals surface area contributed by atoms with Crippen molar-refractivity contribution in [3.05, 3.63) is 35.9 Å². The van der Waals surface area contributed by atoms with Crippen molar-refractivity contribution >= 4 is 11.8 Å². The predicted octanol–water partition coefficient (Wildman–Crippen LogP) is 2.76. The Morgan fingerprint density at radius 1 is 1.00 bits per heavy atom. The maximum Gasteiger partial charge on any atom is 0.225 e. The van der Waals surface area contributed by atoms with Crippen LogP contribution in [0.15, 0.2) is 30.3 Å². The Labute approximate surface area is 163 Å². The van der Waals surface area contributed by atoms with Crippen LogP contribution in [-0.2, 0) is 16.1 Å². The van der Waals surface area contributed by atoms with Gasteiger partial charge in [0.25, 0.3) is 0 Å². The molecule has 5 nitrogen and oxygen atoms in total. The molecular weight excluding hydrogens is 338 g/mol. The zero-order chi connectivity index (χ0) is 19.2. The van der Waals surface area contributed by atoms with Gasteiger partial charge in [-0.3, -0.25) is 9.59 Å². The lowest BCUT2D eigenvalue weighted by Gasteiger charge is -2.42. The third-order valence-electron chi connectivity index (χ3n) is 6.15. The second kappa shape index (κ2) is 9.36. The minimum absolute atomic E-state index is 0.150. The molecule has 3 rings (SSSR count). The Hall–Kier alpha value is -1.88. The molecule has 0 N–H and O–H groups in total. The molecule has 2 saturated heterocycles. The van der Waals surface area contributed by atoms with Crippen molar-refractivity contribution in [1.29, 1.82) is 0 Å². The quantitative estimate of drug-likeness (QED) is 0.799. The zero-order valence-electron chi connectivity index (χ0n) is 16.8. The van der Waals surface area contributed by atoms with Crippen molar-refractivity contribution in [3.63, 3.8) is 0 Å². The maximum atomic E-state index is 12.8. The highest BCUT2D eigenvalue weighted by Gasteiger charge is 2.32. The van der Waals surface area contributed by atoms with E-state index in [-0.39, 0.29) is 17.7 Å². The molecule has 148 valence electrons. The first-order chi connectivity index (χ1) is 13.1. The van der Waals surface area contributed by atoms with Gasteiger partial charge in [-0.2, -0.15) is 0 Å². The van der Waals surface area contributed by atoms with Crippen LogP contribution in [0.5, 0.6) is 0 Å². The third kappa shape index (κ3) is 5.10. The Kier molecular flexibility index (Phi) is 6.89. The molecule has 2 amide bonds. The topological polar surface area (TPSA) is 43.9 Å². The highest BCUT2D eigenvalue weighted by atomic mass is 16.2. The van der Waals surface area contributed by atoms with E-state index >= 15 is 0 Å². The van der Waals surface area contributed by atoms with E-state index in [2.05, 4.69) is 17.0 Å². The molecule has 2 heterocycles. The third-order valence-corrected chi connectivity index (χ3v) is 6.15. The summed E-state index contributed by atoms with van der Waals surface area (Å²) in [6, 6.07) is 10.8. The van der Waals surface area contributed by atoms with Gasteiger partial charge in [-0.15, -0.1) is 0 Å². The molecule has 0 unspecified atom stereocenters. The van der Waals surface area contributed by atoms with Gasteiger partial charge in [0.2, 0.25) is 11.8 Å². The Morgan fingerprint density at radius 3 is 2.22 bits per heavy atom. The summed E-state index contributed by atoms with van der Waals surface area (Å²) >= 11 is 0. The van der Waals surface area contributed by atoms with Crippen LogP contribution >= 0.6 is 0 Å². The van der Waals surface area contributed by atoms with Crippen molar-refractivity contribution in [2.24, 2.45) is 5.92 Å². The molecule has 0 saturated carbocycles. The molecule has 0 aliphatic carbocycles. The molecular formula is C22H33N3O2. The van der Waals surface area contributed by atoms with Gasteiger partial charge in [-0.25, -0.2) is 0 Å². The Bertz CT molecular complexity index is 618. The van der Waals surface area contributed by atoms with E-state index in [4.69, 9.17) is 0 Å². The maximum absolute atomic E-state index is 12.8. The van der Waals surface area contributed by atoms with E-state index in [1.54, 1.807) is 0 Å². The summed E-state index contributed by atoms with van der Waals surface area (Å²) in [7, 11) is 1.92. The Morgan fingerprint density at radius 2 is 1.63 bits per heavy atom. The van der Waals surface area contributed by atoms with Crippen molar-refractivity contribution in [1.82, 2.24) is 14.7 Å². The highest BCUT2D eigenvalue weighted by Crippen LogP contribution is 2.25. The number of nitrogens with zero attached hydrogens (tertiary/aromatic N) is 3. The van der Waals surface area contributed by atoms with Gasteiger partial charge in [0.05, 0.1) is 0 Å². The average molecular weight is 372 g/mol. The van der Waals surface area contributed by atoms with Gasteiger partial charge in [-0.05, 0) is 44.3 Å². The van der Waals surface area contributed by atoms with E-state index in [0.29, 0.717) is 19.0 Å². The number of hydrogen-bond donors (Lipinski definition) is 0. The van der Waals surface area contributed by atoms with Crippen LogP contribution in [0.4, 0.5) is 0 Å². The molecule has 0 aromatic heterocycles. The second-order valence-electron chi connectivity index (χ2n) is 7.96. The molecule has 0 radical (unpaired) electrons. The van der Waals surface area contributed by atoms with E-state index < -0.39 is 0 Å². The lowest BCUT2D eigenvalue weighted by molar-refractivity contribution is -0.137. The number of likely N-dealkylation sites (tertiary alicyclic amines) is 2. The summed E-state index contributed by atoms with van der Waals surface area (Å²) in [6.07, 6.45) is 4.64. The summed E-state index contributed by atoms with van der Waals surface area (Å²) in [5.41, 5.74) is 1.18. The summed E-state index contributed by atoms with van der Waals surface area (Å²) < 4.78 is 0. The SMILES string of the molecule is CCC(=O)N1CCC(N2CCC(C(=O)N(C)Cc3ccccc3)CC2)CC1. The van der Waals surface area contributed by atoms with Crippen LogP contribution in [-0.4, -0.2) is 65.8 Å². The minimum Gasteiger partial charge on any atom is -0.343 e. The number of benzene rings is 1. The molecule has 2 fully saturated rings. The summed E-state index contributed by atoms with van der Waals surface area (Å²) in [5.74, 6) is 0.706. The van der Waals surface area contributed by atoms with Gasteiger partial charge >= 0.3 is 0 Å². The summed E-state index contributed by atoms with van der Waals surface area (Å²) in [4.78, 5) is 31.1. The van der Waals surface area contributed by atoms with Crippen molar-refractivity contribution in [2.75, 3.05) is 33.2 Å². The molecule has 0 bridgehead atoms. The van der Waals surface area contributed by atoms with E-state index in [1.807, 2.05) is 42.0 Å². The summed E-state index contributed by atoms with van der Waals surface area (Å²) in [6.45, 7) is 6.39. The highest BCUT2D eigenvalue weighted by molar-refractivity contribution is 5.78. The van der Waals surface area contributed by atoms with Crippen LogP contribution in [0.25, 0.3) is 0 Å². The zero-order valence-corrected chi connectivity index (χ0v) is 16.8. The molecule has 0 spiro atoms. The lowest BCUT2D eigenvalue weighted by Crippen LogP contribution is -2.50. The van der Waals surface area contributed by atoms with Gasteiger partial charge in [-0.1, -0.05) is 37.3 Å². The number of carbonyl (C=O) groups is 2. The number of hydrogen-bond acceptors (Lipinski definition) is 3. The molecule has 2 aliphatic rings. The van der Waals surface area contributed by atoms with Crippen molar-refractivity contribution in [2.45, 2.75) is 51.6 Å². The number of amides is 2. The molecule has 1 aromatic carbocycles. The Balaban J connectivity index is 1.43. The molecule has 0 atom stereocenters. The predicted molar refractivity (Wildman–Crippen MR) is 107 cm³/mol. The van der Waals surface area contributed by atoms with Gasteiger partial charge in [0, 0.05) is 45.1 Å². The normalized spacial score (nSPS) is 19.9. The van der Waals surface area contributed by atoms with Crippen molar-refractivity contribution < 1.29 is 9.59 Å². The van der Waals surface area contributed by atoms with E-state index in [0.717, 1.165) is 51.9 Å². The molecule has 27 heavy (non-hydrogen) atoms. The van der Waals surface area contributed by atoms with Gasteiger partial charge < -0.3 is 14.7 Å². The fourth-order valence-corrected chi connectivity index (χ4v) is 4.46. The lowest BCUT2D eigenvalue weighted by atomic mass is 9.92. The smallest absolute Gasteiger partial charge is 0.225 e. The molecule has 2 aliphatic heterocycles. The van der Waals surface area contributed by atoms with Gasteiger partial charge in [0.1, 0.15) is 0 Å².